The summed E-state index contributed by atoms with van der Waals surface area (Å²) >= 11 is 0. The Morgan fingerprint density at radius 1 is 1.35 bits per heavy atom. The Morgan fingerprint density at radius 2 is 2.00 bits per heavy atom. The maximum atomic E-state index is 12.6. The molecule has 0 saturated heterocycles. The largest absolute Gasteiger partial charge is 0.444 e. The predicted octanol–water partition coefficient (Wildman–Crippen LogP) is 3.86. The summed E-state index contributed by atoms with van der Waals surface area (Å²) in [7, 11) is 1.46. The summed E-state index contributed by atoms with van der Waals surface area (Å²) in [6.07, 6.45) is 0.679. The summed E-state index contributed by atoms with van der Waals surface area (Å²) in [6, 6.07) is -0.821. The zero-order chi connectivity index (χ0) is 20.0. The molecule has 1 aliphatic carbocycles. The van der Waals surface area contributed by atoms with Gasteiger partial charge < -0.3 is 15.4 Å². The van der Waals surface area contributed by atoms with Crippen LogP contribution in [0.1, 0.15) is 46.5 Å². The molecule has 0 radical (unpaired) electrons. The van der Waals surface area contributed by atoms with Crippen LogP contribution in [0.15, 0.2) is 23.8 Å². The van der Waals surface area contributed by atoms with Crippen molar-refractivity contribution in [2.75, 3.05) is 7.05 Å². The zero-order valence-electron chi connectivity index (χ0n) is 15.6. The lowest BCUT2D eigenvalue weighted by Crippen LogP contribution is -2.47. The Morgan fingerprint density at radius 3 is 2.46 bits per heavy atom. The van der Waals surface area contributed by atoms with Crippen LogP contribution in [0.25, 0.3) is 0 Å². The van der Waals surface area contributed by atoms with Gasteiger partial charge >= 0.3 is 12.3 Å². The van der Waals surface area contributed by atoms with Crippen molar-refractivity contribution in [1.29, 1.82) is 0 Å². The molecule has 0 aromatic carbocycles. The van der Waals surface area contributed by atoms with E-state index < -0.39 is 29.8 Å². The van der Waals surface area contributed by atoms with Gasteiger partial charge in [-0.15, -0.1) is 0 Å². The van der Waals surface area contributed by atoms with Gasteiger partial charge in [0.2, 0.25) is 5.91 Å². The van der Waals surface area contributed by atoms with Gasteiger partial charge in [-0.2, -0.15) is 13.2 Å². The number of ether oxygens (including phenoxy) is 1. The summed E-state index contributed by atoms with van der Waals surface area (Å²) in [4.78, 5) is 23.7. The first-order chi connectivity index (χ1) is 11.9. The molecular weight excluding hydrogens is 349 g/mol. The molecule has 2 N–H and O–H groups in total. The van der Waals surface area contributed by atoms with Crippen molar-refractivity contribution in [2.24, 2.45) is 5.92 Å². The van der Waals surface area contributed by atoms with E-state index in [-0.39, 0.29) is 25.2 Å². The Labute approximate surface area is 152 Å². The van der Waals surface area contributed by atoms with E-state index in [1.54, 1.807) is 39.0 Å². The van der Waals surface area contributed by atoms with Crippen molar-refractivity contribution in [3.63, 3.8) is 0 Å². The molecule has 148 valence electrons. The number of halogens is 3. The lowest BCUT2D eigenvalue weighted by molar-refractivity contribution is -0.176. The van der Waals surface area contributed by atoms with E-state index in [2.05, 4.69) is 10.6 Å². The second kappa shape index (κ2) is 9.09. The third kappa shape index (κ3) is 7.93. The van der Waals surface area contributed by atoms with Gasteiger partial charge in [0.15, 0.2) is 0 Å². The number of carbonyl (C=O) groups is 2. The lowest BCUT2D eigenvalue weighted by Gasteiger charge is -2.23. The summed E-state index contributed by atoms with van der Waals surface area (Å²) in [5, 5.41) is 4.96. The topological polar surface area (TPSA) is 67.4 Å². The first-order valence-electron chi connectivity index (χ1n) is 8.55. The van der Waals surface area contributed by atoms with Gasteiger partial charge in [0.1, 0.15) is 11.6 Å². The molecule has 0 aromatic rings. The zero-order valence-corrected chi connectivity index (χ0v) is 15.6. The fourth-order valence-electron chi connectivity index (χ4n) is 2.51. The quantitative estimate of drug-likeness (QED) is 0.766. The molecule has 0 spiro atoms. The average Bonchev–Trinajstić information content (AvgIpc) is 2.51. The summed E-state index contributed by atoms with van der Waals surface area (Å²) in [5.41, 5.74) is 0.119. The van der Waals surface area contributed by atoms with Crippen LogP contribution in [-0.2, 0) is 9.53 Å². The molecule has 5 nitrogen and oxygen atoms in total. The highest BCUT2D eigenvalue weighted by Crippen LogP contribution is 2.37. The van der Waals surface area contributed by atoms with Crippen LogP contribution >= 0.6 is 0 Å². The number of amides is 2. The molecule has 0 bridgehead atoms. The minimum absolute atomic E-state index is 0.0296. The predicted molar refractivity (Wildman–Crippen MR) is 92.5 cm³/mol. The number of nitrogens with one attached hydrogen (secondary N) is 2. The summed E-state index contributed by atoms with van der Waals surface area (Å²) in [5.74, 6) is -1.66. The highest BCUT2D eigenvalue weighted by Gasteiger charge is 2.39. The first-order valence-corrected chi connectivity index (χ1v) is 8.55. The van der Waals surface area contributed by atoms with Crippen molar-refractivity contribution >= 4 is 12.0 Å². The summed E-state index contributed by atoms with van der Waals surface area (Å²) in [6.45, 7) is 5.14. The molecule has 0 aliphatic heterocycles. The molecule has 0 heterocycles. The Kier molecular flexibility index (Phi) is 7.71. The third-order valence-electron chi connectivity index (χ3n) is 3.87. The normalized spacial score (nSPS) is 19.7. The molecule has 1 rings (SSSR count). The van der Waals surface area contributed by atoms with Gasteiger partial charge in [-0.25, -0.2) is 4.79 Å². The van der Waals surface area contributed by atoms with Crippen LogP contribution in [0.3, 0.4) is 0 Å². The second-order valence-electron chi connectivity index (χ2n) is 7.24. The second-order valence-corrected chi connectivity index (χ2v) is 7.24. The monoisotopic (exact) mass is 376 g/mol. The van der Waals surface area contributed by atoms with Crippen molar-refractivity contribution in [3.8, 4) is 0 Å². The van der Waals surface area contributed by atoms with E-state index >= 15 is 0 Å². The van der Waals surface area contributed by atoms with Crippen LogP contribution in [-0.4, -0.2) is 36.9 Å². The number of rotatable bonds is 5. The molecule has 0 saturated carbocycles. The Hall–Kier alpha value is -1.99. The van der Waals surface area contributed by atoms with Crippen LogP contribution < -0.4 is 10.6 Å². The van der Waals surface area contributed by atoms with Gasteiger partial charge in [-0.05, 0) is 46.5 Å². The van der Waals surface area contributed by atoms with Gasteiger partial charge in [0.05, 0.1) is 5.92 Å². The average molecular weight is 376 g/mol. The molecule has 2 amide bonds. The number of likely N-dealkylation sites (N-methyl/N-ethyl adjacent to an activating group) is 1. The fraction of sp³-hybridized carbons (Fsp3) is 0.667. The van der Waals surface area contributed by atoms with Gasteiger partial charge in [-0.1, -0.05) is 23.8 Å². The van der Waals surface area contributed by atoms with Gasteiger partial charge in [-0.3, -0.25) is 4.79 Å². The van der Waals surface area contributed by atoms with E-state index in [0.717, 1.165) is 5.57 Å². The van der Waals surface area contributed by atoms with Gasteiger partial charge in [0, 0.05) is 7.05 Å². The van der Waals surface area contributed by atoms with E-state index in [0.29, 0.717) is 6.42 Å². The number of carbonyl (C=O) groups excluding carboxylic acids is 2. The minimum Gasteiger partial charge on any atom is -0.444 e. The van der Waals surface area contributed by atoms with E-state index in [4.69, 9.17) is 4.74 Å². The van der Waals surface area contributed by atoms with Crippen LogP contribution in [0.5, 0.6) is 0 Å². The lowest BCUT2D eigenvalue weighted by atomic mass is 9.89. The van der Waals surface area contributed by atoms with Crippen molar-refractivity contribution in [3.05, 3.63) is 23.8 Å². The molecule has 1 aliphatic rings. The van der Waals surface area contributed by atoms with Crippen molar-refractivity contribution in [1.82, 2.24) is 10.6 Å². The highest BCUT2D eigenvalue weighted by atomic mass is 19.4. The van der Waals surface area contributed by atoms with Crippen LogP contribution in [0, 0.1) is 5.92 Å². The standard InChI is InChI=1S/C18H27F3N2O3/c1-17(2,3)26-16(25)23-14(15(24)22-4)7-5-6-12-8-10-13(11-9-12)18(19,20)21/h5-6,8,13-14H,7,9-11H2,1-4H3,(H,22,24)(H,23,25)/b6-5+/t13?,14-/m0/s1. The first kappa shape index (κ1) is 22.1. The van der Waals surface area contributed by atoms with Crippen molar-refractivity contribution in [2.45, 2.75) is 64.3 Å². The maximum Gasteiger partial charge on any atom is 0.408 e. The highest BCUT2D eigenvalue weighted by molar-refractivity contribution is 5.85. The SMILES string of the molecule is CNC(=O)[C@H](C/C=C/C1=CCC(C(F)(F)F)CC1)NC(=O)OC(C)(C)C. The number of hydrogen-bond donors (Lipinski definition) is 2. The number of alkyl halides is 3. The molecule has 2 atom stereocenters. The number of allylic oxidation sites excluding steroid dienone is 3. The molecule has 8 heteroatoms. The molecule has 0 aromatic heterocycles. The molecular formula is C18H27F3N2O3. The van der Waals surface area contributed by atoms with Gasteiger partial charge in [0.25, 0.3) is 0 Å². The number of alkyl carbamates (subject to hydrolysis) is 1. The van der Waals surface area contributed by atoms with Crippen LogP contribution in [0.4, 0.5) is 18.0 Å². The number of hydrogen-bond acceptors (Lipinski definition) is 3. The minimum atomic E-state index is -4.16. The Bertz CT molecular complexity index is 563. The fourth-order valence-corrected chi connectivity index (χ4v) is 2.51. The van der Waals surface area contributed by atoms with Crippen LogP contribution in [0.2, 0.25) is 0 Å². The van der Waals surface area contributed by atoms with E-state index in [1.807, 2.05) is 0 Å². The molecule has 0 fully saturated rings. The Balaban J connectivity index is 2.62. The maximum absolute atomic E-state index is 12.6. The summed E-state index contributed by atoms with van der Waals surface area (Å²) < 4.78 is 43.1. The smallest absolute Gasteiger partial charge is 0.408 e. The van der Waals surface area contributed by atoms with E-state index in [9.17, 15) is 22.8 Å². The van der Waals surface area contributed by atoms with Crippen molar-refractivity contribution < 1.29 is 27.5 Å². The van der Waals surface area contributed by atoms with E-state index in [1.165, 1.54) is 7.05 Å². The molecule has 26 heavy (non-hydrogen) atoms. The molecule has 1 unspecified atom stereocenters. The third-order valence-corrected chi connectivity index (χ3v) is 3.87.